The highest BCUT2D eigenvalue weighted by Gasteiger charge is 2.22. The molecular formula is C33H40N4O6. The zero-order valence-corrected chi connectivity index (χ0v) is 24.7. The zero-order valence-electron chi connectivity index (χ0n) is 24.7. The Morgan fingerprint density at radius 1 is 0.884 bits per heavy atom. The summed E-state index contributed by atoms with van der Waals surface area (Å²) in [6.45, 7) is 3.40. The van der Waals surface area contributed by atoms with Crippen LogP contribution in [0, 0.1) is 0 Å². The number of hydrogen-bond donors (Lipinski definition) is 3. The minimum Gasteiger partial charge on any atom is -0.446 e. The molecule has 1 heterocycles. The molecule has 0 bridgehead atoms. The summed E-state index contributed by atoms with van der Waals surface area (Å²) in [6.07, 6.45) is 0.365. The van der Waals surface area contributed by atoms with Crippen molar-refractivity contribution >= 4 is 23.5 Å². The Bertz CT molecular complexity index is 1340. The maximum Gasteiger partial charge on any atom is 0.411 e. The fraction of sp³-hybridized carbons (Fsp3) is 0.364. The highest BCUT2D eigenvalue weighted by atomic mass is 16.7. The number of piperidine rings is 1. The van der Waals surface area contributed by atoms with E-state index in [0.717, 1.165) is 43.6 Å². The number of amides is 2. The summed E-state index contributed by atoms with van der Waals surface area (Å²) in [4.78, 5) is 40.1. The van der Waals surface area contributed by atoms with Crippen molar-refractivity contribution in [1.82, 2.24) is 15.5 Å². The van der Waals surface area contributed by atoms with Gasteiger partial charge in [-0.3, -0.25) is 14.9 Å². The van der Waals surface area contributed by atoms with Crippen LogP contribution in [-0.4, -0.2) is 88.6 Å². The van der Waals surface area contributed by atoms with E-state index in [1.165, 1.54) is 14.2 Å². The number of benzene rings is 3. The van der Waals surface area contributed by atoms with Crippen molar-refractivity contribution in [3.05, 3.63) is 90.0 Å². The van der Waals surface area contributed by atoms with E-state index in [1.54, 1.807) is 24.3 Å². The number of nitrogens with one attached hydrogen (secondary N) is 3. The number of carbonyl (C=O) groups excluding carboxylic acids is 3. The molecule has 3 N–H and O–H groups in total. The van der Waals surface area contributed by atoms with Gasteiger partial charge in [0.25, 0.3) is 5.91 Å². The lowest BCUT2D eigenvalue weighted by atomic mass is 10.0. The number of carbonyl (C=O) groups is 3. The predicted molar refractivity (Wildman–Crippen MR) is 165 cm³/mol. The van der Waals surface area contributed by atoms with Gasteiger partial charge in [-0.25, -0.2) is 4.79 Å². The highest BCUT2D eigenvalue weighted by molar-refractivity contribution is 6.01. The number of para-hydroxylation sites is 1. The van der Waals surface area contributed by atoms with Gasteiger partial charge in [-0.05, 0) is 36.6 Å². The third-order valence-corrected chi connectivity index (χ3v) is 7.35. The van der Waals surface area contributed by atoms with Gasteiger partial charge in [-0.15, -0.1) is 0 Å². The molecule has 2 amide bonds. The molecule has 10 heteroatoms. The SMILES string of the molecule is COC(CNC(=O)c1cccc(C(=O)CNCCN2CCC(OC(=O)Nc3ccccc3-c3ccccc3)CC2)c1)OC. The molecule has 0 saturated carbocycles. The molecule has 0 unspecified atom stereocenters. The summed E-state index contributed by atoms with van der Waals surface area (Å²) in [5, 5.41) is 8.85. The Kier molecular flexibility index (Phi) is 12.2. The van der Waals surface area contributed by atoms with Crippen LogP contribution < -0.4 is 16.0 Å². The number of rotatable bonds is 14. The second-order valence-corrected chi connectivity index (χ2v) is 10.3. The first-order valence-electron chi connectivity index (χ1n) is 14.5. The maximum absolute atomic E-state index is 12.7. The summed E-state index contributed by atoms with van der Waals surface area (Å²) in [5.74, 6) is -0.392. The van der Waals surface area contributed by atoms with Gasteiger partial charge in [0.05, 0.1) is 18.8 Å². The molecule has 1 aliphatic rings. The quantitative estimate of drug-likeness (QED) is 0.146. The van der Waals surface area contributed by atoms with Crippen LogP contribution in [0.4, 0.5) is 10.5 Å². The molecule has 3 aromatic carbocycles. The lowest BCUT2D eigenvalue weighted by molar-refractivity contribution is -0.0974. The molecule has 43 heavy (non-hydrogen) atoms. The van der Waals surface area contributed by atoms with E-state index in [4.69, 9.17) is 14.2 Å². The summed E-state index contributed by atoms with van der Waals surface area (Å²) < 4.78 is 15.9. The average molecular weight is 589 g/mol. The Balaban J connectivity index is 1.14. The standard InChI is InChI=1S/C33H40N4O6/c1-41-31(42-2)23-35-32(39)26-12-8-11-25(21-26)30(38)22-34-17-20-37-18-15-27(16-19-37)43-33(40)36-29-14-7-6-13-28(29)24-9-4-3-5-10-24/h3-14,21,27,31,34H,15-20,22-23H2,1-2H3,(H,35,39)(H,36,40). The number of ketones is 1. The Morgan fingerprint density at radius 3 is 2.33 bits per heavy atom. The van der Waals surface area contributed by atoms with E-state index in [0.29, 0.717) is 23.4 Å². The molecule has 228 valence electrons. The van der Waals surface area contributed by atoms with Crippen LogP contribution in [0.3, 0.4) is 0 Å². The van der Waals surface area contributed by atoms with E-state index >= 15 is 0 Å². The number of ether oxygens (including phenoxy) is 3. The van der Waals surface area contributed by atoms with E-state index in [-0.39, 0.29) is 30.9 Å². The van der Waals surface area contributed by atoms with Crippen LogP contribution >= 0.6 is 0 Å². The fourth-order valence-corrected chi connectivity index (χ4v) is 4.92. The van der Waals surface area contributed by atoms with Crippen molar-refractivity contribution < 1.29 is 28.6 Å². The van der Waals surface area contributed by atoms with Crippen LogP contribution in [0.25, 0.3) is 11.1 Å². The van der Waals surface area contributed by atoms with Crippen LogP contribution in [-0.2, 0) is 14.2 Å². The summed E-state index contributed by atoms with van der Waals surface area (Å²) in [7, 11) is 3.00. The second-order valence-electron chi connectivity index (χ2n) is 10.3. The van der Waals surface area contributed by atoms with Gasteiger partial charge in [0, 0.05) is 57.1 Å². The van der Waals surface area contributed by atoms with Crippen LogP contribution in [0.2, 0.25) is 0 Å². The fourth-order valence-electron chi connectivity index (χ4n) is 4.92. The molecule has 0 spiro atoms. The molecule has 1 fully saturated rings. The average Bonchev–Trinajstić information content (AvgIpc) is 3.05. The van der Waals surface area contributed by atoms with Crippen molar-refractivity contribution in [1.29, 1.82) is 0 Å². The minimum absolute atomic E-state index is 0.0896. The van der Waals surface area contributed by atoms with Crippen molar-refractivity contribution in [2.24, 2.45) is 0 Å². The van der Waals surface area contributed by atoms with Crippen molar-refractivity contribution in [3.8, 4) is 11.1 Å². The molecule has 10 nitrogen and oxygen atoms in total. The van der Waals surface area contributed by atoms with Gasteiger partial charge in [-0.2, -0.15) is 0 Å². The molecule has 0 aromatic heterocycles. The maximum atomic E-state index is 12.7. The zero-order chi connectivity index (χ0) is 30.4. The Morgan fingerprint density at radius 2 is 1.58 bits per heavy atom. The number of likely N-dealkylation sites (tertiary alicyclic amines) is 1. The Labute approximate surface area is 252 Å². The molecule has 1 aliphatic heterocycles. The van der Waals surface area contributed by atoms with Crippen LogP contribution in [0.5, 0.6) is 0 Å². The lowest BCUT2D eigenvalue weighted by Crippen LogP contribution is -2.42. The van der Waals surface area contributed by atoms with Crippen molar-refractivity contribution in [3.63, 3.8) is 0 Å². The predicted octanol–water partition coefficient (Wildman–Crippen LogP) is 4.19. The van der Waals surface area contributed by atoms with Gasteiger partial charge in [-0.1, -0.05) is 60.7 Å². The van der Waals surface area contributed by atoms with Gasteiger partial charge >= 0.3 is 6.09 Å². The molecular weight excluding hydrogens is 548 g/mol. The highest BCUT2D eigenvalue weighted by Crippen LogP contribution is 2.28. The van der Waals surface area contributed by atoms with Gasteiger partial charge < -0.3 is 29.7 Å². The number of Topliss-reactive ketones (excluding diaryl/α,β-unsaturated/α-hetero) is 1. The first-order chi connectivity index (χ1) is 21.0. The Hall–Kier alpha value is -4.09. The van der Waals surface area contributed by atoms with E-state index in [2.05, 4.69) is 20.9 Å². The number of methoxy groups -OCH3 is 2. The number of anilines is 1. The third kappa shape index (κ3) is 9.72. The first kappa shape index (κ1) is 31.8. The minimum atomic E-state index is -0.538. The molecule has 3 aromatic rings. The molecule has 4 rings (SSSR count). The van der Waals surface area contributed by atoms with E-state index in [9.17, 15) is 14.4 Å². The van der Waals surface area contributed by atoms with Crippen LogP contribution in [0.1, 0.15) is 33.6 Å². The molecule has 0 atom stereocenters. The van der Waals surface area contributed by atoms with Crippen molar-refractivity contribution in [2.45, 2.75) is 25.2 Å². The van der Waals surface area contributed by atoms with Gasteiger partial charge in [0.1, 0.15) is 6.10 Å². The smallest absolute Gasteiger partial charge is 0.411 e. The van der Waals surface area contributed by atoms with E-state index < -0.39 is 12.4 Å². The van der Waals surface area contributed by atoms with Gasteiger partial charge in [0.15, 0.2) is 12.1 Å². The summed E-state index contributed by atoms with van der Waals surface area (Å²) in [5.41, 5.74) is 3.55. The molecule has 1 saturated heterocycles. The molecule has 0 radical (unpaired) electrons. The van der Waals surface area contributed by atoms with Gasteiger partial charge in [0.2, 0.25) is 0 Å². The number of nitrogens with zero attached hydrogens (tertiary/aromatic N) is 1. The first-order valence-corrected chi connectivity index (χ1v) is 14.5. The monoisotopic (exact) mass is 588 g/mol. The normalized spacial score (nSPS) is 13.9. The van der Waals surface area contributed by atoms with Crippen LogP contribution in [0.15, 0.2) is 78.9 Å². The lowest BCUT2D eigenvalue weighted by Gasteiger charge is -2.31. The van der Waals surface area contributed by atoms with Crippen molar-refractivity contribution in [2.75, 3.05) is 58.8 Å². The second kappa shape index (κ2) is 16.5. The molecule has 0 aliphatic carbocycles. The summed E-state index contributed by atoms with van der Waals surface area (Å²) >= 11 is 0. The summed E-state index contributed by atoms with van der Waals surface area (Å²) in [6, 6.07) is 24.3. The largest absolute Gasteiger partial charge is 0.446 e. The van der Waals surface area contributed by atoms with E-state index in [1.807, 2.05) is 54.6 Å². The number of hydrogen-bond acceptors (Lipinski definition) is 8. The topological polar surface area (TPSA) is 118 Å². The third-order valence-electron chi connectivity index (χ3n) is 7.35.